The maximum atomic E-state index is 13.0. The quantitative estimate of drug-likeness (QED) is 0.423. The van der Waals surface area contributed by atoms with Crippen molar-refractivity contribution in [2.24, 2.45) is 0 Å². The molecule has 5 heteroatoms. The third-order valence-corrected chi connectivity index (χ3v) is 1.68. The lowest BCUT2D eigenvalue weighted by Gasteiger charge is -2.06. The van der Waals surface area contributed by atoms with E-state index in [9.17, 15) is 22.4 Å². The molecule has 1 aromatic rings. The lowest BCUT2D eigenvalue weighted by atomic mass is 10.1. The molecule has 0 atom stereocenters. The van der Waals surface area contributed by atoms with Gasteiger partial charge in [0.1, 0.15) is 12.1 Å². The Morgan fingerprint density at radius 1 is 1.20 bits per heavy atom. The Labute approximate surface area is 83.0 Å². The fourth-order valence-electron chi connectivity index (χ4n) is 0.982. The minimum Gasteiger partial charge on any atom is -0.299 e. The van der Waals surface area contributed by atoms with Crippen molar-refractivity contribution in [1.82, 2.24) is 0 Å². The van der Waals surface area contributed by atoms with Crippen LogP contribution >= 0.6 is 0 Å². The third kappa shape index (κ3) is 2.90. The Kier molecular flexibility index (Phi) is 3.24. The lowest BCUT2D eigenvalue weighted by molar-refractivity contribution is -0.137. The van der Waals surface area contributed by atoms with E-state index in [4.69, 9.17) is 0 Å². The normalized spacial score (nSPS) is 12.0. The molecular formula is C10H6F4O. The minimum atomic E-state index is -4.56. The largest absolute Gasteiger partial charge is 0.416 e. The first-order chi connectivity index (χ1) is 6.95. The predicted molar refractivity (Wildman–Crippen MR) is 46.5 cm³/mol. The lowest BCUT2D eigenvalue weighted by Crippen LogP contribution is -2.05. The first-order valence-electron chi connectivity index (χ1n) is 3.94. The van der Waals surface area contributed by atoms with Crippen LogP contribution in [0.25, 0.3) is 6.08 Å². The predicted octanol–water partition coefficient (Wildman–Crippen LogP) is 3.06. The molecule has 1 nitrogen and oxygen atoms in total. The van der Waals surface area contributed by atoms with E-state index < -0.39 is 17.6 Å². The van der Waals surface area contributed by atoms with Gasteiger partial charge in [0.05, 0.1) is 5.56 Å². The van der Waals surface area contributed by atoms with E-state index >= 15 is 0 Å². The zero-order valence-electron chi connectivity index (χ0n) is 7.38. The van der Waals surface area contributed by atoms with Crippen molar-refractivity contribution in [1.29, 1.82) is 0 Å². The topological polar surface area (TPSA) is 17.1 Å². The molecule has 0 N–H and O–H groups in total. The number of hydrogen-bond acceptors (Lipinski definition) is 1. The standard InChI is InChI=1S/C10H6F4O/c11-9-6-8(10(12,13)14)4-3-7(9)2-1-5-15/h1-6H. The van der Waals surface area contributed by atoms with E-state index in [-0.39, 0.29) is 5.56 Å². The van der Waals surface area contributed by atoms with E-state index in [0.717, 1.165) is 24.3 Å². The van der Waals surface area contributed by atoms with E-state index in [1.165, 1.54) is 0 Å². The van der Waals surface area contributed by atoms with Gasteiger partial charge in [-0.1, -0.05) is 6.07 Å². The van der Waals surface area contributed by atoms with Gasteiger partial charge in [-0.3, -0.25) is 4.79 Å². The van der Waals surface area contributed by atoms with Crippen molar-refractivity contribution in [2.75, 3.05) is 0 Å². The van der Waals surface area contributed by atoms with Crippen LogP contribution in [-0.2, 0) is 11.0 Å². The van der Waals surface area contributed by atoms with Crippen LogP contribution in [0.5, 0.6) is 0 Å². The summed E-state index contributed by atoms with van der Waals surface area (Å²) in [6.45, 7) is 0. The first kappa shape index (κ1) is 11.4. The Morgan fingerprint density at radius 2 is 1.87 bits per heavy atom. The maximum absolute atomic E-state index is 13.0. The van der Waals surface area contributed by atoms with Crippen molar-refractivity contribution in [3.05, 3.63) is 41.2 Å². The zero-order chi connectivity index (χ0) is 11.5. The van der Waals surface area contributed by atoms with Crippen LogP contribution < -0.4 is 0 Å². The van der Waals surface area contributed by atoms with Crippen LogP contribution in [0.2, 0.25) is 0 Å². The molecule has 0 aliphatic rings. The maximum Gasteiger partial charge on any atom is 0.416 e. The Balaban J connectivity index is 3.09. The van der Waals surface area contributed by atoms with Crippen LogP contribution in [0.3, 0.4) is 0 Å². The zero-order valence-corrected chi connectivity index (χ0v) is 7.38. The number of rotatable bonds is 2. The smallest absolute Gasteiger partial charge is 0.299 e. The second kappa shape index (κ2) is 4.25. The highest BCUT2D eigenvalue weighted by Gasteiger charge is 2.30. The molecule has 0 bridgehead atoms. The summed E-state index contributed by atoms with van der Waals surface area (Å²) in [7, 11) is 0. The number of hydrogen-bond donors (Lipinski definition) is 0. The molecule has 0 unspecified atom stereocenters. The number of carbonyl (C=O) groups is 1. The SMILES string of the molecule is O=CC=Cc1ccc(C(F)(F)F)cc1F. The van der Waals surface area contributed by atoms with Crippen molar-refractivity contribution in [2.45, 2.75) is 6.18 Å². The van der Waals surface area contributed by atoms with Crippen molar-refractivity contribution < 1.29 is 22.4 Å². The van der Waals surface area contributed by atoms with Gasteiger partial charge in [0.25, 0.3) is 0 Å². The number of aldehydes is 1. The highest BCUT2D eigenvalue weighted by molar-refractivity contribution is 5.73. The highest BCUT2D eigenvalue weighted by atomic mass is 19.4. The molecule has 0 fully saturated rings. The average molecular weight is 218 g/mol. The summed E-state index contributed by atoms with van der Waals surface area (Å²) in [6, 6.07) is 2.12. The van der Waals surface area contributed by atoms with Crippen LogP contribution in [-0.4, -0.2) is 6.29 Å². The van der Waals surface area contributed by atoms with Gasteiger partial charge in [0.15, 0.2) is 0 Å². The van der Waals surface area contributed by atoms with E-state index in [1.54, 1.807) is 0 Å². The second-order valence-corrected chi connectivity index (χ2v) is 2.73. The Morgan fingerprint density at radius 3 is 2.33 bits per heavy atom. The molecule has 1 rings (SSSR count). The van der Waals surface area contributed by atoms with Crippen molar-refractivity contribution in [3.63, 3.8) is 0 Å². The minimum absolute atomic E-state index is 0.0601. The highest BCUT2D eigenvalue weighted by Crippen LogP contribution is 2.30. The number of alkyl halides is 3. The molecule has 0 saturated carbocycles. The van der Waals surface area contributed by atoms with Crippen LogP contribution in [0.4, 0.5) is 17.6 Å². The average Bonchev–Trinajstić information content (AvgIpc) is 2.14. The third-order valence-electron chi connectivity index (χ3n) is 1.68. The molecule has 0 radical (unpaired) electrons. The summed E-state index contributed by atoms with van der Waals surface area (Å²) >= 11 is 0. The number of carbonyl (C=O) groups excluding carboxylic acids is 1. The number of allylic oxidation sites excluding steroid dienone is 1. The summed E-state index contributed by atoms with van der Waals surface area (Å²) in [5, 5.41) is 0. The van der Waals surface area contributed by atoms with Gasteiger partial charge >= 0.3 is 6.18 Å². The van der Waals surface area contributed by atoms with E-state index in [2.05, 4.69) is 0 Å². The van der Waals surface area contributed by atoms with Gasteiger partial charge in [0, 0.05) is 5.56 Å². The van der Waals surface area contributed by atoms with Crippen molar-refractivity contribution in [3.8, 4) is 0 Å². The van der Waals surface area contributed by atoms with Gasteiger partial charge in [-0.15, -0.1) is 0 Å². The molecular weight excluding hydrogens is 212 g/mol. The van der Waals surface area contributed by atoms with Gasteiger partial charge in [-0.2, -0.15) is 13.2 Å². The fraction of sp³-hybridized carbons (Fsp3) is 0.100. The molecule has 0 aliphatic heterocycles. The van der Waals surface area contributed by atoms with E-state index in [0.29, 0.717) is 12.4 Å². The molecule has 0 spiro atoms. The van der Waals surface area contributed by atoms with Crippen molar-refractivity contribution >= 4 is 12.4 Å². The monoisotopic (exact) mass is 218 g/mol. The van der Waals surface area contributed by atoms with Crippen LogP contribution in [0.1, 0.15) is 11.1 Å². The second-order valence-electron chi connectivity index (χ2n) is 2.73. The van der Waals surface area contributed by atoms with Gasteiger partial charge in [0.2, 0.25) is 0 Å². The summed E-state index contributed by atoms with van der Waals surface area (Å²) in [5.74, 6) is -1.01. The van der Waals surface area contributed by atoms with Crippen LogP contribution in [0.15, 0.2) is 24.3 Å². The van der Waals surface area contributed by atoms with Gasteiger partial charge in [-0.05, 0) is 24.3 Å². The van der Waals surface area contributed by atoms with Crippen LogP contribution in [0, 0.1) is 5.82 Å². The molecule has 0 heterocycles. The Hall–Kier alpha value is -1.65. The molecule has 0 amide bonds. The van der Waals surface area contributed by atoms with E-state index in [1.807, 2.05) is 0 Å². The first-order valence-corrected chi connectivity index (χ1v) is 3.94. The molecule has 1 aromatic carbocycles. The fourth-order valence-corrected chi connectivity index (χ4v) is 0.982. The number of benzene rings is 1. The van der Waals surface area contributed by atoms with Gasteiger partial charge in [-0.25, -0.2) is 4.39 Å². The van der Waals surface area contributed by atoms with Gasteiger partial charge < -0.3 is 0 Å². The molecule has 0 aromatic heterocycles. The molecule has 0 aliphatic carbocycles. The molecule has 15 heavy (non-hydrogen) atoms. The number of halogens is 4. The summed E-state index contributed by atoms with van der Waals surface area (Å²) < 4.78 is 49.4. The molecule has 0 saturated heterocycles. The molecule has 80 valence electrons. The Bertz CT molecular complexity index is 393. The summed E-state index contributed by atoms with van der Waals surface area (Å²) in [4.78, 5) is 9.93. The summed E-state index contributed by atoms with van der Waals surface area (Å²) in [6.07, 6.45) is -2.04. The summed E-state index contributed by atoms with van der Waals surface area (Å²) in [5.41, 5.74) is -1.11.